The Bertz CT molecular complexity index is 3450. The lowest BCUT2D eigenvalue weighted by atomic mass is 9.72. The average molecular weight is 783 g/mol. The number of rotatable bonds is 6. The minimum atomic E-state index is 0.161. The molecule has 11 rings (SSSR count). The Hall–Kier alpha value is -7.84. The molecule has 0 spiro atoms. The molecule has 0 saturated heterocycles. The molecule has 3 heterocycles. The van der Waals surface area contributed by atoms with Gasteiger partial charge >= 0.3 is 0 Å². The van der Waals surface area contributed by atoms with Crippen LogP contribution < -0.4 is 16.4 Å². The van der Waals surface area contributed by atoms with Crippen LogP contribution in [0.4, 0.5) is 0 Å². The monoisotopic (exact) mass is 783 g/mol. The summed E-state index contributed by atoms with van der Waals surface area (Å²) in [7, 11) is 5.56. The summed E-state index contributed by atoms with van der Waals surface area (Å²) in [6.07, 6.45) is 0. The summed E-state index contributed by atoms with van der Waals surface area (Å²) in [5.74, 6) is 2.01. The largest absolute Gasteiger partial charge is 0.509 e. The lowest BCUT2D eigenvalue weighted by Gasteiger charge is -2.20. The summed E-state index contributed by atoms with van der Waals surface area (Å²) >= 11 is 0. The van der Waals surface area contributed by atoms with Crippen molar-refractivity contribution in [3.8, 4) is 68.2 Å². The van der Waals surface area contributed by atoms with E-state index in [-0.39, 0.29) is 11.5 Å². The highest BCUT2D eigenvalue weighted by atomic mass is 16.3. The second-order valence-corrected chi connectivity index (χ2v) is 15.6. The van der Waals surface area contributed by atoms with Gasteiger partial charge < -0.3 is 14.8 Å². The van der Waals surface area contributed by atoms with Gasteiger partial charge in [-0.2, -0.15) is 9.97 Å². The highest BCUT2D eigenvalue weighted by Crippen LogP contribution is 2.44. The molecule has 7 nitrogen and oxygen atoms in total. The van der Waals surface area contributed by atoms with E-state index in [2.05, 4.69) is 106 Å². The van der Waals surface area contributed by atoms with E-state index >= 15 is 0 Å². The van der Waals surface area contributed by atoms with Crippen molar-refractivity contribution < 1.29 is 10.2 Å². The summed E-state index contributed by atoms with van der Waals surface area (Å²) < 4.78 is 4.56. The quantitative estimate of drug-likeness (QED) is 0.141. The molecule has 0 bridgehead atoms. The molecule has 0 saturated carbocycles. The van der Waals surface area contributed by atoms with Crippen LogP contribution >= 0.6 is 0 Å². The van der Waals surface area contributed by atoms with Crippen LogP contribution in [-0.2, 0) is 0 Å². The van der Waals surface area contributed by atoms with Gasteiger partial charge in [0.2, 0.25) is 5.95 Å². The fraction of sp³-hybridized carbons (Fsp3) is 0. The Morgan fingerprint density at radius 3 is 1.44 bits per heavy atom. The first kappa shape index (κ1) is 36.3. The number of phenols is 2. The maximum atomic E-state index is 11.7. The molecule has 0 aliphatic rings. The normalized spacial score (nSPS) is 11.6. The van der Waals surface area contributed by atoms with Gasteiger partial charge in [0, 0.05) is 43.8 Å². The highest BCUT2D eigenvalue weighted by molar-refractivity contribution is 6.54. The smallest absolute Gasteiger partial charge is 0.238 e. The number of para-hydroxylation sites is 2. The standard InChI is InChI=1S/C51H36B3N5O2/c52-42-41(47(60)43(53)44(54)48(42)61)32-24-25-33(29-14-4-1-5-15-29)40(28-32)58-38-22-12-10-20-34(38)36-26-27-37-35-21-11-13-23-39(35)59(46(37)45(36)58)51-56-49(30-16-6-2-7-17-30)55-50(57-51)31-18-8-3-9-19-31/h1-28,60-61H,52-54H2. The van der Waals surface area contributed by atoms with Crippen molar-refractivity contribution in [3.63, 3.8) is 0 Å². The van der Waals surface area contributed by atoms with Gasteiger partial charge in [-0.3, -0.25) is 4.57 Å². The summed E-state index contributed by atoms with van der Waals surface area (Å²) in [5, 5.41) is 27.3. The molecule has 61 heavy (non-hydrogen) atoms. The molecule has 10 heteroatoms. The van der Waals surface area contributed by atoms with Gasteiger partial charge in [-0.25, -0.2) is 4.98 Å². The van der Waals surface area contributed by atoms with E-state index in [1.165, 1.54) is 0 Å². The third-order valence-electron chi connectivity index (χ3n) is 12.2. The zero-order valence-electron chi connectivity index (χ0n) is 33.8. The van der Waals surface area contributed by atoms with Crippen LogP contribution in [0.15, 0.2) is 170 Å². The lowest BCUT2D eigenvalue weighted by molar-refractivity contribution is 0.472. The van der Waals surface area contributed by atoms with Crippen molar-refractivity contribution in [2.24, 2.45) is 0 Å². The van der Waals surface area contributed by atoms with Gasteiger partial charge in [0.1, 0.15) is 35.0 Å². The van der Waals surface area contributed by atoms with Crippen molar-refractivity contribution >= 4 is 83.5 Å². The number of benzene rings is 8. The summed E-state index contributed by atoms with van der Waals surface area (Å²) in [6.45, 7) is 0. The number of nitrogens with zero attached hydrogens (tertiary/aromatic N) is 5. The van der Waals surface area contributed by atoms with Gasteiger partial charge in [-0.15, -0.1) is 0 Å². The zero-order valence-corrected chi connectivity index (χ0v) is 33.8. The fourth-order valence-electron chi connectivity index (χ4n) is 9.06. The van der Waals surface area contributed by atoms with Crippen LogP contribution in [0.3, 0.4) is 0 Å². The lowest BCUT2D eigenvalue weighted by Crippen LogP contribution is -2.32. The van der Waals surface area contributed by atoms with Crippen LogP contribution in [0.2, 0.25) is 0 Å². The fourth-order valence-corrected chi connectivity index (χ4v) is 9.06. The van der Waals surface area contributed by atoms with Crippen LogP contribution in [0.25, 0.3) is 100 Å². The molecule has 0 unspecified atom stereocenters. The van der Waals surface area contributed by atoms with E-state index in [1.807, 2.05) is 96.3 Å². The van der Waals surface area contributed by atoms with Crippen LogP contribution in [-0.4, -0.2) is 57.8 Å². The summed E-state index contributed by atoms with van der Waals surface area (Å²) in [5.41, 5.74) is 12.0. The van der Waals surface area contributed by atoms with Gasteiger partial charge in [0.15, 0.2) is 11.6 Å². The third kappa shape index (κ3) is 5.67. The van der Waals surface area contributed by atoms with E-state index in [0.29, 0.717) is 39.5 Å². The number of hydrogen-bond donors (Lipinski definition) is 2. The Morgan fingerprint density at radius 2 is 0.869 bits per heavy atom. The topological polar surface area (TPSA) is 89.0 Å². The molecule has 0 radical (unpaired) electrons. The highest BCUT2D eigenvalue weighted by Gasteiger charge is 2.26. The molecule has 0 aliphatic carbocycles. The molecular weight excluding hydrogens is 747 g/mol. The van der Waals surface area contributed by atoms with Crippen molar-refractivity contribution in [2.45, 2.75) is 0 Å². The van der Waals surface area contributed by atoms with Crippen LogP contribution in [0.5, 0.6) is 11.5 Å². The molecule has 11 aromatic rings. The van der Waals surface area contributed by atoms with Gasteiger partial charge in [-0.1, -0.05) is 163 Å². The first-order valence-electron chi connectivity index (χ1n) is 20.4. The van der Waals surface area contributed by atoms with Crippen molar-refractivity contribution in [2.75, 3.05) is 0 Å². The predicted molar refractivity (Wildman–Crippen MR) is 258 cm³/mol. The summed E-state index contributed by atoms with van der Waals surface area (Å²) in [4.78, 5) is 15.6. The minimum absolute atomic E-state index is 0.161. The molecule has 0 fully saturated rings. The van der Waals surface area contributed by atoms with E-state index < -0.39 is 0 Å². The van der Waals surface area contributed by atoms with Gasteiger partial charge in [-0.05, 0) is 34.8 Å². The maximum Gasteiger partial charge on any atom is 0.238 e. The van der Waals surface area contributed by atoms with E-state index in [9.17, 15) is 10.2 Å². The van der Waals surface area contributed by atoms with E-state index in [0.717, 1.165) is 77.1 Å². The number of phenolic OH excluding ortho intramolecular Hbond substituents is 2. The van der Waals surface area contributed by atoms with Crippen molar-refractivity contribution in [3.05, 3.63) is 170 Å². The Kier molecular flexibility index (Phi) is 8.42. The Balaban J connectivity index is 1.31. The first-order valence-corrected chi connectivity index (χ1v) is 20.4. The van der Waals surface area contributed by atoms with Gasteiger partial charge in [0.25, 0.3) is 0 Å². The summed E-state index contributed by atoms with van der Waals surface area (Å²) in [6, 6.07) is 58.3. The van der Waals surface area contributed by atoms with Crippen LogP contribution in [0.1, 0.15) is 0 Å². The third-order valence-corrected chi connectivity index (χ3v) is 12.2. The molecule has 0 atom stereocenters. The molecule has 2 N–H and O–H groups in total. The average Bonchev–Trinajstić information content (AvgIpc) is 3.84. The molecule has 0 aliphatic heterocycles. The molecule has 0 amide bonds. The van der Waals surface area contributed by atoms with E-state index in [1.54, 1.807) is 0 Å². The predicted octanol–water partition coefficient (Wildman–Crippen LogP) is 6.92. The molecule has 8 aromatic carbocycles. The Morgan fingerprint density at radius 1 is 0.393 bits per heavy atom. The molecule has 3 aromatic heterocycles. The van der Waals surface area contributed by atoms with Gasteiger partial charge in [0.05, 0.1) is 27.8 Å². The SMILES string of the molecule is Bc1c(B)c(O)c(-c2ccc(-c3ccccc3)c(-n3c4ccccc4c4ccc5c6ccccc6n(-c6nc(-c7ccccc7)nc(-c7ccccc7)n6)c5c43)c2)c(B)c1O. The number of fused-ring (bicyclic) bond motifs is 7. The molecular formula is C51H36B3N5O2. The number of aromatic nitrogens is 5. The van der Waals surface area contributed by atoms with Crippen molar-refractivity contribution in [1.82, 2.24) is 24.1 Å². The number of hydrogen-bond acceptors (Lipinski definition) is 5. The molecule has 286 valence electrons. The van der Waals surface area contributed by atoms with E-state index in [4.69, 9.17) is 15.0 Å². The second kappa shape index (κ2) is 14.2. The van der Waals surface area contributed by atoms with Crippen LogP contribution in [0, 0.1) is 0 Å². The Labute approximate surface area is 354 Å². The number of aromatic hydroxyl groups is 2. The van der Waals surface area contributed by atoms with Crippen molar-refractivity contribution in [1.29, 1.82) is 0 Å². The second-order valence-electron chi connectivity index (χ2n) is 15.6. The minimum Gasteiger partial charge on any atom is -0.509 e. The first-order chi connectivity index (χ1) is 29.9. The maximum absolute atomic E-state index is 11.7. The zero-order chi connectivity index (χ0) is 41.4.